The van der Waals surface area contributed by atoms with E-state index in [1.54, 1.807) is 0 Å². The first kappa shape index (κ1) is 11.6. The molecule has 1 aliphatic rings. The molecular formula is C13H16N4S. The van der Waals surface area contributed by atoms with Gasteiger partial charge in [0.2, 0.25) is 0 Å². The third-order valence-corrected chi connectivity index (χ3v) is 4.51. The highest BCUT2D eigenvalue weighted by molar-refractivity contribution is 7.99. The van der Waals surface area contributed by atoms with Crippen molar-refractivity contribution < 1.29 is 0 Å². The zero-order chi connectivity index (χ0) is 12.5. The molecule has 2 heterocycles. The van der Waals surface area contributed by atoms with Gasteiger partial charge < -0.3 is 10.6 Å². The molecule has 1 atom stereocenters. The first-order valence-corrected chi connectivity index (χ1v) is 7.24. The van der Waals surface area contributed by atoms with Gasteiger partial charge in [-0.05, 0) is 24.3 Å². The SMILES string of the molecule is CN(c1nc2ccccc2nc1N)C1CCSC1. The van der Waals surface area contributed by atoms with E-state index in [1.807, 2.05) is 36.0 Å². The second-order valence-corrected chi connectivity index (χ2v) is 5.70. The molecule has 18 heavy (non-hydrogen) atoms. The molecular weight excluding hydrogens is 244 g/mol. The van der Waals surface area contributed by atoms with Crippen LogP contribution in [0.25, 0.3) is 11.0 Å². The fraction of sp³-hybridized carbons (Fsp3) is 0.385. The van der Waals surface area contributed by atoms with E-state index in [9.17, 15) is 0 Å². The second-order valence-electron chi connectivity index (χ2n) is 4.55. The van der Waals surface area contributed by atoms with E-state index in [1.165, 1.54) is 12.2 Å². The molecule has 1 aromatic heterocycles. The summed E-state index contributed by atoms with van der Waals surface area (Å²) in [6, 6.07) is 8.36. The van der Waals surface area contributed by atoms with Gasteiger partial charge in [0.05, 0.1) is 11.0 Å². The van der Waals surface area contributed by atoms with Gasteiger partial charge in [0.25, 0.3) is 0 Å². The highest BCUT2D eigenvalue weighted by Gasteiger charge is 2.23. The lowest BCUT2D eigenvalue weighted by Crippen LogP contribution is -2.32. The lowest BCUT2D eigenvalue weighted by atomic mass is 10.2. The van der Waals surface area contributed by atoms with E-state index in [4.69, 9.17) is 5.73 Å². The molecule has 94 valence electrons. The minimum atomic E-state index is 0.521. The van der Waals surface area contributed by atoms with Crippen molar-refractivity contribution in [1.29, 1.82) is 0 Å². The Morgan fingerprint density at radius 1 is 1.28 bits per heavy atom. The fourth-order valence-electron chi connectivity index (χ4n) is 2.26. The third kappa shape index (κ3) is 1.99. The Bertz CT molecular complexity index is 566. The standard InChI is InChI=1S/C13H16N4S/c1-17(9-6-7-18-8-9)13-12(14)15-10-4-2-3-5-11(10)16-13/h2-5,9H,6-8H2,1H3,(H2,14,15). The van der Waals surface area contributed by atoms with Crippen LogP contribution in [-0.4, -0.2) is 34.6 Å². The molecule has 1 fully saturated rings. The molecule has 0 amide bonds. The second kappa shape index (κ2) is 4.65. The van der Waals surface area contributed by atoms with E-state index >= 15 is 0 Å². The lowest BCUT2D eigenvalue weighted by Gasteiger charge is -2.25. The number of nitrogens with two attached hydrogens (primary N) is 1. The average molecular weight is 260 g/mol. The molecule has 2 N–H and O–H groups in total. The Balaban J connectivity index is 2.02. The van der Waals surface area contributed by atoms with E-state index in [0.29, 0.717) is 11.9 Å². The molecule has 1 aliphatic heterocycles. The van der Waals surface area contributed by atoms with Crippen LogP contribution in [0.2, 0.25) is 0 Å². The summed E-state index contributed by atoms with van der Waals surface area (Å²) in [6.45, 7) is 0. The van der Waals surface area contributed by atoms with Crippen LogP contribution in [0.3, 0.4) is 0 Å². The Morgan fingerprint density at radius 3 is 2.67 bits per heavy atom. The number of aromatic nitrogens is 2. The van der Waals surface area contributed by atoms with Crippen LogP contribution >= 0.6 is 11.8 Å². The predicted octanol–water partition coefficient (Wildman–Crippen LogP) is 2.15. The third-order valence-electron chi connectivity index (χ3n) is 3.37. The molecule has 0 spiro atoms. The maximum Gasteiger partial charge on any atom is 0.172 e. The maximum atomic E-state index is 6.03. The van der Waals surface area contributed by atoms with Crippen LogP contribution < -0.4 is 10.6 Å². The van der Waals surface area contributed by atoms with Gasteiger partial charge >= 0.3 is 0 Å². The summed E-state index contributed by atoms with van der Waals surface area (Å²) in [5.74, 6) is 3.69. The fourth-order valence-corrected chi connectivity index (χ4v) is 3.53. The Morgan fingerprint density at radius 2 is 2.00 bits per heavy atom. The molecule has 5 heteroatoms. The van der Waals surface area contributed by atoms with Gasteiger partial charge in [0.15, 0.2) is 11.6 Å². The molecule has 1 saturated heterocycles. The number of nitrogens with zero attached hydrogens (tertiary/aromatic N) is 3. The normalized spacial score (nSPS) is 19.3. The quantitative estimate of drug-likeness (QED) is 0.896. The van der Waals surface area contributed by atoms with Crippen molar-refractivity contribution in [3.63, 3.8) is 0 Å². The van der Waals surface area contributed by atoms with Crippen molar-refractivity contribution >= 4 is 34.4 Å². The number of rotatable bonds is 2. The van der Waals surface area contributed by atoms with Gasteiger partial charge in [0.1, 0.15) is 0 Å². The molecule has 3 rings (SSSR count). The molecule has 2 aromatic rings. The molecule has 0 radical (unpaired) electrons. The Hall–Kier alpha value is -1.49. The number of thioether (sulfide) groups is 1. The number of fused-ring (bicyclic) bond motifs is 1. The zero-order valence-corrected chi connectivity index (χ0v) is 11.2. The van der Waals surface area contributed by atoms with Gasteiger partial charge in [-0.3, -0.25) is 0 Å². The van der Waals surface area contributed by atoms with Crippen molar-refractivity contribution in [3.05, 3.63) is 24.3 Å². The summed E-state index contributed by atoms with van der Waals surface area (Å²) in [7, 11) is 2.06. The summed E-state index contributed by atoms with van der Waals surface area (Å²) in [5, 5.41) is 0. The molecule has 0 aliphatic carbocycles. The van der Waals surface area contributed by atoms with Gasteiger partial charge in [-0.2, -0.15) is 11.8 Å². The molecule has 1 aromatic carbocycles. The minimum absolute atomic E-state index is 0.521. The minimum Gasteiger partial charge on any atom is -0.381 e. The summed E-state index contributed by atoms with van der Waals surface area (Å²) < 4.78 is 0. The number of hydrogen-bond acceptors (Lipinski definition) is 5. The van der Waals surface area contributed by atoms with Crippen LogP contribution in [0, 0.1) is 0 Å². The molecule has 1 unspecified atom stereocenters. The van der Waals surface area contributed by atoms with Crippen molar-refractivity contribution in [2.24, 2.45) is 0 Å². The number of anilines is 2. The largest absolute Gasteiger partial charge is 0.381 e. The predicted molar refractivity (Wildman–Crippen MR) is 78.1 cm³/mol. The van der Waals surface area contributed by atoms with Crippen LogP contribution in [0.1, 0.15) is 6.42 Å². The summed E-state index contributed by atoms with van der Waals surface area (Å²) in [4.78, 5) is 11.3. The highest BCUT2D eigenvalue weighted by atomic mass is 32.2. The molecule has 0 bridgehead atoms. The highest BCUT2D eigenvalue weighted by Crippen LogP contribution is 2.28. The van der Waals surface area contributed by atoms with Crippen LogP contribution in [0.4, 0.5) is 11.6 Å². The molecule has 4 nitrogen and oxygen atoms in total. The number of hydrogen-bond donors (Lipinski definition) is 1. The topological polar surface area (TPSA) is 55.0 Å². The van der Waals surface area contributed by atoms with Gasteiger partial charge in [-0.25, -0.2) is 9.97 Å². The number of nitrogen functional groups attached to an aromatic ring is 1. The monoisotopic (exact) mass is 260 g/mol. The van der Waals surface area contributed by atoms with Crippen LogP contribution in [0.5, 0.6) is 0 Å². The van der Waals surface area contributed by atoms with Gasteiger partial charge in [-0.15, -0.1) is 0 Å². The summed E-state index contributed by atoms with van der Waals surface area (Å²) >= 11 is 1.98. The van der Waals surface area contributed by atoms with Crippen molar-refractivity contribution in [2.45, 2.75) is 12.5 Å². The first-order chi connectivity index (χ1) is 8.75. The summed E-state index contributed by atoms with van der Waals surface area (Å²) in [6.07, 6.45) is 1.19. The van der Waals surface area contributed by atoms with Crippen molar-refractivity contribution in [3.8, 4) is 0 Å². The van der Waals surface area contributed by atoms with E-state index in [-0.39, 0.29) is 0 Å². The Kier molecular flexibility index (Phi) is 2.99. The number of benzene rings is 1. The van der Waals surface area contributed by atoms with E-state index < -0.39 is 0 Å². The lowest BCUT2D eigenvalue weighted by molar-refractivity contribution is 0.693. The van der Waals surface area contributed by atoms with Crippen molar-refractivity contribution in [2.75, 3.05) is 29.2 Å². The molecule has 0 saturated carbocycles. The van der Waals surface area contributed by atoms with Gasteiger partial charge in [-0.1, -0.05) is 12.1 Å². The maximum absolute atomic E-state index is 6.03. The van der Waals surface area contributed by atoms with E-state index in [2.05, 4.69) is 21.9 Å². The smallest absolute Gasteiger partial charge is 0.172 e. The van der Waals surface area contributed by atoms with Crippen molar-refractivity contribution in [1.82, 2.24) is 9.97 Å². The van der Waals surface area contributed by atoms with Crippen LogP contribution in [-0.2, 0) is 0 Å². The number of para-hydroxylation sites is 2. The van der Waals surface area contributed by atoms with Gasteiger partial charge in [0, 0.05) is 18.8 Å². The summed E-state index contributed by atoms with van der Waals surface area (Å²) in [5.41, 5.74) is 7.79. The van der Waals surface area contributed by atoms with E-state index in [0.717, 1.165) is 22.6 Å². The van der Waals surface area contributed by atoms with Crippen LogP contribution in [0.15, 0.2) is 24.3 Å². The average Bonchev–Trinajstić information content (AvgIpc) is 2.91. The Labute approximate surface area is 111 Å². The zero-order valence-electron chi connectivity index (χ0n) is 10.3. The first-order valence-electron chi connectivity index (χ1n) is 6.08.